The minimum atomic E-state index is -2.93. The molecule has 144 valence electrons. The maximum absolute atomic E-state index is 12.6. The summed E-state index contributed by atoms with van der Waals surface area (Å²) in [5.41, 5.74) is 1.61. The van der Waals surface area contributed by atoms with Crippen molar-refractivity contribution in [3.8, 4) is 11.3 Å². The van der Waals surface area contributed by atoms with Crippen molar-refractivity contribution in [3.05, 3.63) is 42.6 Å². The molecule has 3 heterocycles. The molecule has 28 heavy (non-hydrogen) atoms. The van der Waals surface area contributed by atoms with Crippen molar-refractivity contribution in [2.24, 2.45) is 11.3 Å². The van der Waals surface area contributed by atoms with Gasteiger partial charge in [-0.1, -0.05) is 11.2 Å². The zero-order valence-electron chi connectivity index (χ0n) is 15.1. The summed E-state index contributed by atoms with van der Waals surface area (Å²) in [4.78, 5) is 16.9. The van der Waals surface area contributed by atoms with E-state index in [0.717, 1.165) is 22.9 Å². The molecule has 5 rings (SSSR count). The second kappa shape index (κ2) is 6.13. The van der Waals surface area contributed by atoms with Crippen molar-refractivity contribution in [1.82, 2.24) is 10.1 Å². The zero-order chi connectivity index (χ0) is 19.4. The standard InChI is InChI=1S/C20H19N3O4S/c24-19(15-12-20(15)5-8-28(25,26)9-6-20)22-18-11-17(27-23-18)14-3-4-16-13(10-14)2-1-7-21-16/h1-4,7,10-11,15H,5-6,8-9,12H2,(H,22,23,24). The molecular weight excluding hydrogens is 378 g/mol. The van der Waals surface area contributed by atoms with Crippen LogP contribution in [0.15, 0.2) is 47.1 Å². The Morgan fingerprint density at radius 2 is 2.00 bits per heavy atom. The lowest BCUT2D eigenvalue weighted by Gasteiger charge is -2.22. The van der Waals surface area contributed by atoms with E-state index in [2.05, 4.69) is 15.5 Å². The number of anilines is 1. The number of amides is 1. The third-order valence-electron chi connectivity index (χ3n) is 5.98. The van der Waals surface area contributed by atoms with Crippen molar-refractivity contribution in [2.45, 2.75) is 19.3 Å². The minimum absolute atomic E-state index is 0.109. The highest BCUT2D eigenvalue weighted by Gasteiger charge is 2.59. The molecule has 1 spiro atoms. The predicted octanol–water partition coefficient (Wildman–Crippen LogP) is 3.04. The molecule has 3 aromatic rings. The lowest BCUT2D eigenvalue weighted by molar-refractivity contribution is -0.118. The second-order valence-corrected chi connectivity index (χ2v) is 10.1. The average Bonchev–Trinajstić information content (AvgIpc) is 3.22. The summed E-state index contributed by atoms with van der Waals surface area (Å²) in [6, 6.07) is 11.3. The maximum Gasteiger partial charge on any atom is 0.229 e. The van der Waals surface area contributed by atoms with Crippen LogP contribution in [0.25, 0.3) is 22.2 Å². The predicted molar refractivity (Wildman–Crippen MR) is 104 cm³/mol. The fourth-order valence-corrected chi connectivity index (χ4v) is 5.77. The molecule has 1 saturated carbocycles. The molecule has 2 fully saturated rings. The van der Waals surface area contributed by atoms with Gasteiger partial charge in [0, 0.05) is 29.1 Å². The molecule has 1 N–H and O–H groups in total. The van der Waals surface area contributed by atoms with Crippen LogP contribution in [0.1, 0.15) is 19.3 Å². The first-order valence-corrected chi connectivity index (χ1v) is 11.1. The van der Waals surface area contributed by atoms with E-state index >= 15 is 0 Å². The van der Waals surface area contributed by atoms with Crippen LogP contribution in [0, 0.1) is 11.3 Å². The Morgan fingerprint density at radius 1 is 1.18 bits per heavy atom. The summed E-state index contributed by atoms with van der Waals surface area (Å²) < 4.78 is 28.7. The quantitative estimate of drug-likeness (QED) is 0.729. The molecule has 8 heteroatoms. The number of nitrogens with one attached hydrogen (secondary N) is 1. The van der Waals surface area contributed by atoms with Gasteiger partial charge in [-0.25, -0.2) is 8.42 Å². The molecule has 1 saturated heterocycles. The van der Waals surface area contributed by atoms with Gasteiger partial charge in [-0.15, -0.1) is 0 Å². The van der Waals surface area contributed by atoms with E-state index in [1.165, 1.54) is 0 Å². The molecule has 0 radical (unpaired) electrons. The number of nitrogens with zero attached hydrogens (tertiary/aromatic N) is 2. The fourth-order valence-electron chi connectivity index (χ4n) is 4.13. The molecular formula is C20H19N3O4S. The van der Waals surface area contributed by atoms with Crippen molar-refractivity contribution in [3.63, 3.8) is 0 Å². The van der Waals surface area contributed by atoms with Crippen LogP contribution in [-0.4, -0.2) is 36.0 Å². The highest BCUT2D eigenvalue weighted by molar-refractivity contribution is 7.91. The van der Waals surface area contributed by atoms with Crippen LogP contribution < -0.4 is 5.32 Å². The van der Waals surface area contributed by atoms with Gasteiger partial charge in [-0.2, -0.15) is 0 Å². The van der Waals surface area contributed by atoms with Gasteiger partial charge in [0.05, 0.1) is 17.0 Å². The Morgan fingerprint density at radius 3 is 2.82 bits per heavy atom. The Labute approximate surface area is 162 Å². The van der Waals surface area contributed by atoms with E-state index in [1.54, 1.807) is 12.3 Å². The van der Waals surface area contributed by atoms with Crippen molar-refractivity contribution in [2.75, 3.05) is 16.8 Å². The molecule has 1 aliphatic heterocycles. The van der Waals surface area contributed by atoms with Crippen molar-refractivity contribution >= 4 is 32.5 Å². The van der Waals surface area contributed by atoms with Crippen molar-refractivity contribution < 1.29 is 17.7 Å². The minimum Gasteiger partial charge on any atom is -0.354 e. The molecule has 1 aliphatic carbocycles. The van der Waals surface area contributed by atoms with E-state index < -0.39 is 9.84 Å². The van der Waals surface area contributed by atoms with E-state index in [4.69, 9.17) is 4.52 Å². The van der Waals surface area contributed by atoms with Gasteiger partial charge in [-0.3, -0.25) is 9.78 Å². The Bertz CT molecular complexity index is 1170. The largest absolute Gasteiger partial charge is 0.354 e. The van der Waals surface area contributed by atoms with E-state index in [-0.39, 0.29) is 28.7 Å². The van der Waals surface area contributed by atoms with Crippen LogP contribution in [0.4, 0.5) is 5.82 Å². The van der Waals surface area contributed by atoms with Gasteiger partial charge in [0.1, 0.15) is 9.84 Å². The summed E-state index contributed by atoms with van der Waals surface area (Å²) in [5.74, 6) is 1.05. The second-order valence-electron chi connectivity index (χ2n) is 7.75. The summed E-state index contributed by atoms with van der Waals surface area (Å²) >= 11 is 0. The number of carbonyl (C=O) groups is 1. The highest BCUT2D eigenvalue weighted by atomic mass is 32.2. The molecule has 1 atom stereocenters. The summed E-state index contributed by atoms with van der Waals surface area (Å²) in [5, 5.41) is 7.77. The summed E-state index contributed by atoms with van der Waals surface area (Å²) in [6.45, 7) is 0. The van der Waals surface area contributed by atoms with Gasteiger partial charge in [-0.05, 0) is 48.9 Å². The van der Waals surface area contributed by atoms with Crippen molar-refractivity contribution in [1.29, 1.82) is 0 Å². The maximum atomic E-state index is 12.6. The fraction of sp³-hybridized carbons (Fsp3) is 0.350. The van der Waals surface area contributed by atoms with E-state index in [9.17, 15) is 13.2 Å². The first-order chi connectivity index (χ1) is 13.4. The van der Waals surface area contributed by atoms with Gasteiger partial charge in [0.25, 0.3) is 0 Å². The first kappa shape index (κ1) is 17.4. The Kier molecular flexibility index (Phi) is 3.80. The number of carbonyl (C=O) groups excluding carboxylic acids is 1. The van der Waals surface area contributed by atoms with Gasteiger partial charge >= 0.3 is 0 Å². The number of hydrogen-bond donors (Lipinski definition) is 1. The van der Waals surface area contributed by atoms with Crippen LogP contribution in [-0.2, 0) is 14.6 Å². The monoisotopic (exact) mass is 397 g/mol. The topological polar surface area (TPSA) is 102 Å². The zero-order valence-corrected chi connectivity index (χ0v) is 15.9. The number of hydrogen-bond acceptors (Lipinski definition) is 6. The number of sulfone groups is 1. The summed E-state index contributed by atoms with van der Waals surface area (Å²) in [7, 11) is -2.93. The van der Waals surface area contributed by atoms with Gasteiger partial charge in [0.2, 0.25) is 5.91 Å². The molecule has 1 aromatic carbocycles. The summed E-state index contributed by atoms with van der Waals surface area (Å²) in [6.07, 6.45) is 3.64. The number of aromatic nitrogens is 2. The Hall–Kier alpha value is -2.74. The lowest BCUT2D eigenvalue weighted by atomic mass is 9.96. The normalized spacial score (nSPS) is 22.2. The van der Waals surface area contributed by atoms with Crippen LogP contribution in [0.2, 0.25) is 0 Å². The first-order valence-electron chi connectivity index (χ1n) is 9.27. The van der Waals surface area contributed by atoms with Crippen LogP contribution in [0.3, 0.4) is 0 Å². The SMILES string of the molecule is O=C(Nc1cc(-c2ccc3ncccc3c2)on1)C1CC12CCS(=O)(=O)CC2. The number of benzene rings is 1. The van der Waals surface area contributed by atoms with Crippen LogP contribution in [0.5, 0.6) is 0 Å². The third kappa shape index (κ3) is 3.07. The smallest absolute Gasteiger partial charge is 0.229 e. The molecule has 1 amide bonds. The third-order valence-corrected chi connectivity index (χ3v) is 7.63. The Balaban J connectivity index is 1.28. The highest BCUT2D eigenvalue weighted by Crippen LogP contribution is 2.60. The molecule has 2 aliphatic rings. The molecule has 7 nitrogen and oxygen atoms in total. The van der Waals surface area contributed by atoms with Gasteiger partial charge in [0.15, 0.2) is 11.6 Å². The lowest BCUT2D eigenvalue weighted by Crippen LogP contribution is -2.28. The van der Waals surface area contributed by atoms with Crippen LogP contribution >= 0.6 is 0 Å². The average molecular weight is 397 g/mol. The number of rotatable bonds is 3. The van der Waals surface area contributed by atoms with Gasteiger partial charge < -0.3 is 9.84 Å². The molecule has 0 bridgehead atoms. The molecule has 2 aromatic heterocycles. The molecule has 1 unspecified atom stereocenters. The van der Waals surface area contributed by atoms with E-state index in [0.29, 0.717) is 24.4 Å². The number of fused-ring (bicyclic) bond motifs is 1. The van der Waals surface area contributed by atoms with E-state index in [1.807, 2.05) is 30.3 Å². The number of pyridine rings is 1.